The molecule has 0 aliphatic carbocycles. The van der Waals surface area contributed by atoms with E-state index in [1.165, 1.54) is 15.6 Å². The van der Waals surface area contributed by atoms with Crippen LogP contribution in [0.3, 0.4) is 0 Å². The number of carbonyl (C=O) groups excluding carboxylic acids is 1. The maximum atomic E-state index is 12.0. The number of hydrogen-bond acceptors (Lipinski definition) is 2. The second-order valence-corrected chi connectivity index (χ2v) is 7.07. The van der Waals surface area contributed by atoms with Gasteiger partial charge in [0.15, 0.2) is 0 Å². The van der Waals surface area contributed by atoms with Crippen LogP contribution in [0.15, 0.2) is 22.7 Å². The van der Waals surface area contributed by atoms with Crippen molar-refractivity contribution in [3.05, 3.63) is 33.8 Å². The van der Waals surface area contributed by atoms with Gasteiger partial charge in [0, 0.05) is 36.1 Å². The van der Waals surface area contributed by atoms with Gasteiger partial charge in [-0.15, -0.1) is 0 Å². The van der Waals surface area contributed by atoms with Crippen molar-refractivity contribution in [2.45, 2.75) is 46.2 Å². The predicted octanol–water partition coefficient (Wildman–Crippen LogP) is 3.49. The van der Waals surface area contributed by atoms with Gasteiger partial charge in [-0.2, -0.15) is 0 Å². The van der Waals surface area contributed by atoms with Crippen LogP contribution in [0, 0.1) is 12.8 Å². The Morgan fingerprint density at radius 2 is 2.05 bits per heavy atom. The number of halogens is 1. The fraction of sp³-hybridized carbons (Fsp3) is 0.588. The number of hydrogen-bond donors (Lipinski definition) is 1. The summed E-state index contributed by atoms with van der Waals surface area (Å²) in [5, 5.41) is 3.61. The van der Waals surface area contributed by atoms with Crippen molar-refractivity contribution in [3.63, 3.8) is 0 Å². The SMILES string of the molecule is Cc1ccc(CNC2CCN(C(=O)C(C)C)CC2)cc1Br. The topological polar surface area (TPSA) is 32.3 Å². The average molecular weight is 353 g/mol. The van der Waals surface area contributed by atoms with Crippen molar-refractivity contribution in [1.29, 1.82) is 0 Å². The quantitative estimate of drug-likeness (QED) is 0.899. The van der Waals surface area contributed by atoms with E-state index in [0.29, 0.717) is 6.04 Å². The van der Waals surface area contributed by atoms with E-state index >= 15 is 0 Å². The first kappa shape index (κ1) is 16.5. The van der Waals surface area contributed by atoms with Crippen LogP contribution in [0.5, 0.6) is 0 Å². The molecule has 116 valence electrons. The largest absolute Gasteiger partial charge is 0.342 e. The molecule has 0 radical (unpaired) electrons. The molecule has 1 heterocycles. The maximum absolute atomic E-state index is 12.0. The van der Waals surface area contributed by atoms with Gasteiger partial charge in [0.05, 0.1) is 0 Å². The predicted molar refractivity (Wildman–Crippen MR) is 90.2 cm³/mol. The molecule has 21 heavy (non-hydrogen) atoms. The molecule has 3 nitrogen and oxygen atoms in total. The fourth-order valence-corrected chi connectivity index (χ4v) is 3.10. The minimum atomic E-state index is 0.111. The summed E-state index contributed by atoms with van der Waals surface area (Å²) in [6.45, 7) is 8.70. The third-order valence-electron chi connectivity index (χ3n) is 4.13. The Balaban J connectivity index is 1.78. The van der Waals surface area contributed by atoms with Crippen LogP contribution in [-0.4, -0.2) is 29.9 Å². The Labute approximate surface area is 136 Å². The van der Waals surface area contributed by atoms with Crippen LogP contribution in [0.1, 0.15) is 37.8 Å². The molecule has 1 fully saturated rings. The van der Waals surface area contributed by atoms with Crippen LogP contribution in [0.2, 0.25) is 0 Å². The lowest BCUT2D eigenvalue weighted by Gasteiger charge is -2.33. The minimum Gasteiger partial charge on any atom is -0.342 e. The lowest BCUT2D eigenvalue weighted by molar-refractivity contribution is -0.135. The Hall–Kier alpha value is -0.870. The molecule has 0 atom stereocenters. The van der Waals surface area contributed by atoms with Crippen LogP contribution < -0.4 is 5.32 Å². The van der Waals surface area contributed by atoms with Gasteiger partial charge < -0.3 is 10.2 Å². The van der Waals surface area contributed by atoms with E-state index in [4.69, 9.17) is 0 Å². The number of nitrogens with one attached hydrogen (secondary N) is 1. The lowest BCUT2D eigenvalue weighted by Crippen LogP contribution is -2.45. The Morgan fingerprint density at radius 3 is 2.62 bits per heavy atom. The van der Waals surface area contributed by atoms with Crippen molar-refractivity contribution < 1.29 is 4.79 Å². The Morgan fingerprint density at radius 1 is 1.38 bits per heavy atom. The average Bonchev–Trinajstić information content (AvgIpc) is 2.48. The Kier molecular flexibility index (Phi) is 5.82. The number of rotatable bonds is 4. The van der Waals surface area contributed by atoms with Gasteiger partial charge in [0.2, 0.25) is 5.91 Å². The smallest absolute Gasteiger partial charge is 0.225 e. The Bertz CT molecular complexity index is 494. The lowest BCUT2D eigenvalue weighted by atomic mass is 10.0. The molecule has 0 spiro atoms. The minimum absolute atomic E-state index is 0.111. The van der Waals surface area contributed by atoms with Crippen molar-refractivity contribution in [2.24, 2.45) is 5.92 Å². The summed E-state index contributed by atoms with van der Waals surface area (Å²) in [4.78, 5) is 14.0. The molecule has 0 bridgehead atoms. The first-order valence-electron chi connectivity index (χ1n) is 7.74. The molecule has 4 heteroatoms. The molecule has 1 saturated heterocycles. The number of piperidine rings is 1. The zero-order valence-corrected chi connectivity index (χ0v) is 14.7. The second-order valence-electron chi connectivity index (χ2n) is 6.22. The summed E-state index contributed by atoms with van der Waals surface area (Å²) in [6, 6.07) is 7.01. The third-order valence-corrected chi connectivity index (χ3v) is 4.99. The molecule has 1 aromatic rings. The summed E-state index contributed by atoms with van der Waals surface area (Å²) in [6.07, 6.45) is 2.09. The summed E-state index contributed by atoms with van der Waals surface area (Å²) >= 11 is 3.58. The van der Waals surface area contributed by atoms with E-state index in [1.807, 2.05) is 18.7 Å². The number of carbonyl (C=O) groups is 1. The van der Waals surface area contributed by atoms with Crippen LogP contribution >= 0.6 is 15.9 Å². The standard InChI is InChI=1S/C17H25BrN2O/c1-12(2)17(21)20-8-6-15(7-9-20)19-11-14-5-4-13(3)16(18)10-14/h4-5,10,12,15,19H,6-9,11H2,1-3H3. The van der Waals surface area contributed by atoms with Crippen molar-refractivity contribution in [2.75, 3.05) is 13.1 Å². The van der Waals surface area contributed by atoms with E-state index in [0.717, 1.165) is 32.5 Å². The third kappa shape index (κ3) is 4.55. The first-order chi connectivity index (χ1) is 9.97. The highest BCUT2D eigenvalue weighted by Gasteiger charge is 2.23. The molecule has 0 unspecified atom stereocenters. The highest BCUT2D eigenvalue weighted by atomic mass is 79.9. The normalized spacial score (nSPS) is 16.5. The van der Waals surface area contributed by atoms with Gasteiger partial charge in [0.25, 0.3) is 0 Å². The summed E-state index contributed by atoms with van der Waals surface area (Å²) in [5.41, 5.74) is 2.56. The van der Waals surface area contributed by atoms with Crippen LogP contribution in [0.4, 0.5) is 0 Å². The first-order valence-corrected chi connectivity index (χ1v) is 8.54. The van der Waals surface area contributed by atoms with E-state index in [9.17, 15) is 4.79 Å². The molecule has 0 aromatic heterocycles. The monoisotopic (exact) mass is 352 g/mol. The molecular weight excluding hydrogens is 328 g/mol. The van der Waals surface area contributed by atoms with Gasteiger partial charge in [-0.05, 0) is 37.0 Å². The van der Waals surface area contributed by atoms with Gasteiger partial charge in [-0.1, -0.05) is 41.9 Å². The summed E-state index contributed by atoms with van der Waals surface area (Å²) < 4.78 is 1.17. The number of benzene rings is 1. The second kappa shape index (κ2) is 7.41. The highest BCUT2D eigenvalue weighted by Crippen LogP contribution is 2.18. The van der Waals surface area contributed by atoms with Crippen molar-refractivity contribution in [1.82, 2.24) is 10.2 Å². The fourth-order valence-electron chi connectivity index (χ4n) is 2.68. The molecule has 1 N–H and O–H groups in total. The number of aryl methyl sites for hydroxylation is 1. The van der Waals surface area contributed by atoms with Gasteiger partial charge >= 0.3 is 0 Å². The molecule has 1 amide bonds. The van der Waals surface area contributed by atoms with E-state index in [2.05, 4.69) is 46.4 Å². The van der Waals surface area contributed by atoms with E-state index in [-0.39, 0.29) is 11.8 Å². The maximum Gasteiger partial charge on any atom is 0.225 e. The van der Waals surface area contributed by atoms with Crippen molar-refractivity contribution in [3.8, 4) is 0 Å². The number of nitrogens with zero attached hydrogens (tertiary/aromatic N) is 1. The van der Waals surface area contributed by atoms with Gasteiger partial charge in [0.1, 0.15) is 0 Å². The zero-order valence-electron chi connectivity index (χ0n) is 13.2. The molecular formula is C17H25BrN2O. The summed E-state index contributed by atoms with van der Waals surface area (Å²) in [7, 11) is 0. The number of likely N-dealkylation sites (tertiary alicyclic amines) is 1. The van der Waals surface area contributed by atoms with E-state index < -0.39 is 0 Å². The van der Waals surface area contributed by atoms with E-state index in [1.54, 1.807) is 0 Å². The molecule has 2 rings (SSSR count). The molecule has 1 aliphatic heterocycles. The molecule has 0 saturated carbocycles. The zero-order chi connectivity index (χ0) is 15.4. The van der Waals surface area contributed by atoms with Gasteiger partial charge in [-0.25, -0.2) is 0 Å². The molecule has 1 aliphatic rings. The summed E-state index contributed by atoms with van der Waals surface area (Å²) in [5.74, 6) is 0.398. The van der Waals surface area contributed by atoms with Crippen LogP contribution in [-0.2, 0) is 11.3 Å². The van der Waals surface area contributed by atoms with Gasteiger partial charge in [-0.3, -0.25) is 4.79 Å². The van der Waals surface area contributed by atoms with Crippen molar-refractivity contribution >= 4 is 21.8 Å². The molecule has 1 aromatic carbocycles. The highest BCUT2D eigenvalue weighted by molar-refractivity contribution is 9.10. The number of amides is 1. The van der Waals surface area contributed by atoms with Crippen LogP contribution in [0.25, 0.3) is 0 Å².